The lowest BCUT2D eigenvalue weighted by atomic mass is 10.0. The summed E-state index contributed by atoms with van der Waals surface area (Å²) in [4.78, 5) is 14.1. The fourth-order valence-electron chi connectivity index (χ4n) is 2.61. The third kappa shape index (κ3) is 4.94. The number of likely N-dealkylation sites (N-methyl/N-ethyl adjacent to an activating group) is 1. The molecule has 1 aromatic rings. The second kappa shape index (κ2) is 8.02. The fraction of sp³-hybridized carbons (Fsp3) is 0.562. The third-order valence-electron chi connectivity index (χ3n) is 3.92. The molecule has 2 rings (SSSR count). The molecule has 1 aromatic carbocycles. The van der Waals surface area contributed by atoms with Crippen molar-refractivity contribution in [1.82, 2.24) is 15.5 Å². The molecule has 0 radical (unpaired) electrons. The number of amides is 1. The molecular weight excluding hydrogens is 250 g/mol. The van der Waals surface area contributed by atoms with Crippen LogP contribution < -0.4 is 10.6 Å². The van der Waals surface area contributed by atoms with Crippen molar-refractivity contribution in [1.29, 1.82) is 0 Å². The molecule has 1 aliphatic heterocycles. The molecule has 0 bridgehead atoms. The van der Waals surface area contributed by atoms with Gasteiger partial charge in [0, 0.05) is 19.1 Å². The van der Waals surface area contributed by atoms with Gasteiger partial charge in [-0.2, -0.15) is 0 Å². The second-order valence-corrected chi connectivity index (χ2v) is 5.52. The first-order valence-corrected chi connectivity index (χ1v) is 7.47. The van der Waals surface area contributed by atoms with E-state index < -0.39 is 0 Å². The molecule has 1 atom stereocenters. The van der Waals surface area contributed by atoms with Gasteiger partial charge in [-0.25, -0.2) is 0 Å². The molecule has 4 heteroatoms. The Morgan fingerprint density at radius 1 is 1.30 bits per heavy atom. The summed E-state index contributed by atoms with van der Waals surface area (Å²) < 4.78 is 0. The molecule has 110 valence electrons. The number of piperidine rings is 1. The molecule has 20 heavy (non-hydrogen) atoms. The van der Waals surface area contributed by atoms with Crippen molar-refractivity contribution in [3.05, 3.63) is 35.9 Å². The van der Waals surface area contributed by atoms with Crippen molar-refractivity contribution >= 4 is 5.91 Å². The van der Waals surface area contributed by atoms with Crippen molar-refractivity contribution in [2.24, 2.45) is 0 Å². The van der Waals surface area contributed by atoms with E-state index >= 15 is 0 Å². The topological polar surface area (TPSA) is 44.4 Å². The van der Waals surface area contributed by atoms with E-state index in [0.29, 0.717) is 19.1 Å². The van der Waals surface area contributed by atoms with Crippen LogP contribution in [0.15, 0.2) is 30.3 Å². The lowest BCUT2D eigenvalue weighted by Crippen LogP contribution is -2.45. The highest BCUT2D eigenvalue weighted by atomic mass is 16.1. The standard InChI is InChI=1S/C16H25N3O/c1-19-10-6-5-9-15(19)12-17-13-16(20)18-11-14-7-3-2-4-8-14/h2-4,7-8,15,17H,5-6,9-13H2,1H3,(H,18,20). The number of rotatable bonds is 6. The van der Waals surface area contributed by atoms with Crippen LogP contribution in [0.25, 0.3) is 0 Å². The second-order valence-electron chi connectivity index (χ2n) is 5.52. The average molecular weight is 275 g/mol. The van der Waals surface area contributed by atoms with Gasteiger partial charge in [0.25, 0.3) is 0 Å². The Balaban J connectivity index is 1.60. The predicted octanol–water partition coefficient (Wildman–Crippen LogP) is 1.38. The predicted molar refractivity (Wildman–Crippen MR) is 81.4 cm³/mol. The number of hydrogen-bond acceptors (Lipinski definition) is 3. The highest BCUT2D eigenvalue weighted by molar-refractivity contribution is 5.77. The lowest BCUT2D eigenvalue weighted by molar-refractivity contribution is -0.120. The molecule has 1 fully saturated rings. The van der Waals surface area contributed by atoms with Gasteiger partial charge < -0.3 is 15.5 Å². The first kappa shape index (κ1) is 15.0. The SMILES string of the molecule is CN1CCCCC1CNCC(=O)NCc1ccccc1. The number of carbonyl (C=O) groups is 1. The van der Waals surface area contributed by atoms with E-state index in [9.17, 15) is 4.79 Å². The van der Waals surface area contributed by atoms with E-state index in [4.69, 9.17) is 0 Å². The van der Waals surface area contributed by atoms with Gasteiger partial charge in [-0.05, 0) is 32.0 Å². The summed E-state index contributed by atoms with van der Waals surface area (Å²) in [5.41, 5.74) is 1.13. The van der Waals surface area contributed by atoms with E-state index in [1.165, 1.54) is 25.8 Å². The molecule has 0 aromatic heterocycles. The largest absolute Gasteiger partial charge is 0.351 e. The molecule has 1 heterocycles. The van der Waals surface area contributed by atoms with Crippen LogP contribution >= 0.6 is 0 Å². The van der Waals surface area contributed by atoms with E-state index in [1.54, 1.807) is 0 Å². The maximum atomic E-state index is 11.8. The number of nitrogens with zero attached hydrogens (tertiary/aromatic N) is 1. The summed E-state index contributed by atoms with van der Waals surface area (Å²) >= 11 is 0. The van der Waals surface area contributed by atoms with E-state index in [0.717, 1.165) is 12.1 Å². The summed E-state index contributed by atoms with van der Waals surface area (Å²) in [7, 11) is 2.17. The molecule has 0 saturated carbocycles. The van der Waals surface area contributed by atoms with Gasteiger partial charge in [0.2, 0.25) is 5.91 Å². The zero-order valence-electron chi connectivity index (χ0n) is 12.3. The van der Waals surface area contributed by atoms with Crippen LogP contribution in [0.2, 0.25) is 0 Å². The van der Waals surface area contributed by atoms with Crippen LogP contribution in [-0.2, 0) is 11.3 Å². The van der Waals surface area contributed by atoms with Crippen LogP contribution in [0.4, 0.5) is 0 Å². The minimum absolute atomic E-state index is 0.0623. The van der Waals surface area contributed by atoms with Gasteiger partial charge in [-0.15, -0.1) is 0 Å². The quantitative estimate of drug-likeness (QED) is 0.824. The van der Waals surface area contributed by atoms with Gasteiger partial charge in [-0.3, -0.25) is 4.79 Å². The Bertz CT molecular complexity index is 407. The van der Waals surface area contributed by atoms with Gasteiger partial charge in [-0.1, -0.05) is 36.8 Å². The van der Waals surface area contributed by atoms with Crippen molar-refractivity contribution in [3.8, 4) is 0 Å². The first-order valence-electron chi connectivity index (χ1n) is 7.47. The molecule has 1 unspecified atom stereocenters. The van der Waals surface area contributed by atoms with Gasteiger partial charge in [0.1, 0.15) is 0 Å². The Morgan fingerprint density at radius 3 is 2.85 bits per heavy atom. The Hall–Kier alpha value is -1.39. The van der Waals surface area contributed by atoms with Crippen LogP contribution in [-0.4, -0.2) is 43.5 Å². The van der Waals surface area contributed by atoms with E-state index in [-0.39, 0.29) is 5.91 Å². The van der Waals surface area contributed by atoms with Crippen LogP contribution in [0.3, 0.4) is 0 Å². The molecule has 0 aliphatic carbocycles. The average Bonchev–Trinajstić information content (AvgIpc) is 2.48. The fourth-order valence-corrected chi connectivity index (χ4v) is 2.61. The smallest absolute Gasteiger partial charge is 0.234 e. The minimum Gasteiger partial charge on any atom is -0.351 e. The van der Waals surface area contributed by atoms with Gasteiger partial charge in [0.05, 0.1) is 6.54 Å². The lowest BCUT2D eigenvalue weighted by Gasteiger charge is -2.32. The van der Waals surface area contributed by atoms with Crippen LogP contribution in [0, 0.1) is 0 Å². The maximum Gasteiger partial charge on any atom is 0.234 e. The van der Waals surface area contributed by atoms with Crippen molar-refractivity contribution in [2.75, 3.05) is 26.7 Å². The van der Waals surface area contributed by atoms with Gasteiger partial charge in [0.15, 0.2) is 0 Å². The number of likely N-dealkylation sites (tertiary alicyclic amines) is 1. The maximum absolute atomic E-state index is 11.8. The van der Waals surface area contributed by atoms with Crippen LogP contribution in [0.5, 0.6) is 0 Å². The zero-order chi connectivity index (χ0) is 14.2. The Morgan fingerprint density at radius 2 is 2.10 bits per heavy atom. The molecule has 0 spiro atoms. The molecule has 2 N–H and O–H groups in total. The number of nitrogens with one attached hydrogen (secondary N) is 2. The van der Waals surface area contributed by atoms with Gasteiger partial charge >= 0.3 is 0 Å². The Labute approximate surface area is 121 Å². The van der Waals surface area contributed by atoms with Crippen LogP contribution in [0.1, 0.15) is 24.8 Å². The highest BCUT2D eigenvalue weighted by Crippen LogP contribution is 2.13. The summed E-state index contributed by atoms with van der Waals surface area (Å²) in [6.45, 7) is 3.07. The van der Waals surface area contributed by atoms with E-state index in [1.807, 2.05) is 30.3 Å². The minimum atomic E-state index is 0.0623. The number of benzene rings is 1. The highest BCUT2D eigenvalue weighted by Gasteiger charge is 2.18. The summed E-state index contributed by atoms with van der Waals surface area (Å²) in [5.74, 6) is 0.0623. The Kier molecular flexibility index (Phi) is 6.02. The third-order valence-corrected chi connectivity index (χ3v) is 3.92. The summed E-state index contributed by atoms with van der Waals surface area (Å²) in [5, 5.41) is 6.20. The number of hydrogen-bond donors (Lipinski definition) is 2. The molecule has 1 saturated heterocycles. The first-order chi connectivity index (χ1) is 9.75. The summed E-state index contributed by atoms with van der Waals surface area (Å²) in [6, 6.07) is 10.6. The zero-order valence-corrected chi connectivity index (χ0v) is 12.3. The van der Waals surface area contributed by atoms with Crippen molar-refractivity contribution < 1.29 is 4.79 Å². The normalized spacial score (nSPS) is 19.8. The molecule has 4 nitrogen and oxygen atoms in total. The van der Waals surface area contributed by atoms with E-state index in [2.05, 4.69) is 22.6 Å². The molecule has 1 amide bonds. The van der Waals surface area contributed by atoms with Crippen molar-refractivity contribution in [2.45, 2.75) is 31.8 Å². The molecular formula is C16H25N3O. The molecule has 1 aliphatic rings. The van der Waals surface area contributed by atoms with Crippen molar-refractivity contribution in [3.63, 3.8) is 0 Å². The number of carbonyl (C=O) groups excluding carboxylic acids is 1. The monoisotopic (exact) mass is 275 g/mol. The summed E-state index contributed by atoms with van der Waals surface area (Å²) in [6.07, 6.45) is 3.83.